The Bertz CT molecular complexity index is 1250. The van der Waals surface area contributed by atoms with Crippen molar-refractivity contribution in [1.29, 1.82) is 0 Å². The summed E-state index contributed by atoms with van der Waals surface area (Å²) >= 11 is 6.16. The van der Waals surface area contributed by atoms with Crippen LogP contribution in [0.5, 0.6) is 17.2 Å². The number of carbonyl (C=O) groups excluding carboxylic acids is 1. The molecule has 36 heavy (non-hydrogen) atoms. The summed E-state index contributed by atoms with van der Waals surface area (Å²) < 4.78 is 30.2. The number of hydrogen-bond acceptors (Lipinski definition) is 7. The Morgan fingerprint density at radius 2 is 1.83 bits per heavy atom. The largest absolute Gasteiger partial charge is 0.497 e. The van der Waals surface area contributed by atoms with E-state index in [0.717, 1.165) is 0 Å². The molecule has 7 nitrogen and oxygen atoms in total. The van der Waals surface area contributed by atoms with Crippen molar-refractivity contribution in [3.05, 3.63) is 83.1 Å². The molecule has 0 radical (unpaired) electrons. The monoisotopic (exact) mass is 514 g/mol. The third kappa shape index (κ3) is 6.27. The van der Waals surface area contributed by atoms with Gasteiger partial charge in [-0.15, -0.1) is 0 Å². The van der Waals surface area contributed by atoms with Crippen molar-refractivity contribution in [2.75, 3.05) is 45.1 Å². The molecule has 0 saturated heterocycles. The lowest BCUT2D eigenvalue weighted by atomic mass is 9.92. The minimum Gasteiger partial charge on any atom is -0.497 e. The van der Waals surface area contributed by atoms with Crippen LogP contribution < -0.4 is 24.8 Å². The third-order valence-corrected chi connectivity index (χ3v) is 5.66. The maximum Gasteiger partial charge on any atom is 0.189 e. The van der Waals surface area contributed by atoms with Crippen molar-refractivity contribution in [3.8, 4) is 17.2 Å². The van der Waals surface area contributed by atoms with Gasteiger partial charge in [0, 0.05) is 58.3 Å². The summed E-state index contributed by atoms with van der Waals surface area (Å²) in [5, 5.41) is 15.7. The van der Waals surface area contributed by atoms with E-state index in [9.17, 15) is 9.18 Å². The molecule has 0 saturated carbocycles. The molecule has 0 aliphatic carbocycles. The van der Waals surface area contributed by atoms with Gasteiger partial charge in [-0.2, -0.15) is 0 Å². The van der Waals surface area contributed by atoms with Crippen LogP contribution in [0.1, 0.15) is 17.2 Å². The minimum absolute atomic E-state index is 0.0914. The average Bonchev–Trinajstić information content (AvgIpc) is 2.89. The molecular formula is C27H28ClFN2O5. The second-order valence-electron chi connectivity index (χ2n) is 7.72. The Morgan fingerprint density at radius 3 is 2.50 bits per heavy atom. The first-order valence-corrected chi connectivity index (χ1v) is 11.4. The number of aliphatic hydroxyl groups is 1. The van der Waals surface area contributed by atoms with Crippen LogP contribution >= 0.6 is 11.6 Å². The first kappa shape index (κ1) is 26.8. The van der Waals surface area contributed by atoms with E-state index in [1.807, 2.05) is 0 Å². The van der Waals surface area contributed by atoms with Gasteiger partial charge in [-0.05, 0) is 30.3 Å². The van der Waals surface area contributed by atoms with Crippen molar-refractivity contribution in [2.45, 2.75) is 6.04 Å². The molecule has 3 rings (SSSR count). The summed E-state index contributed by atoms with van der Waals surface area (Å²) in [6.07, 6.45) is 0. The predicted molar refractivity (Wildman–Crippen MR) is 140 cm³/mol. The number of rotatable bonds is 12. The quantitative estimate of drug-likeness (QED) is 0.281. The molecule has 0 spiro atoms. The minimum atomic E-state index is -0.961. The van der Waals surface area contributed by atoms with Gasteiger partial charge in [-0.3, -0.25) is 4.79 Å². The summed E-state index contributed by atoms with van der Waals surface area (Å²) in [5.41, 5.74) is 2.08. The van der Waals surface area contributed by atoms with Gasteiger partial charge in [0.2, 0.25) is 0 Å². The van der Waals surface area contributed by atoms with Gasteiger partial charge in [-0.25, -0.2) is 4.39 Å². The number of Topliss-reactive ketones (excluding diaryl/α,β-unsaturated/α-hetero) is 1. The fourth-order valence-corrected chi connectivity index (χ4v) is 3.85. The van der Waals surface area contributed by atoms with Crippen LogP contribution in [0.25, 0.3) is 5.57 Å². The van der Waals surface area contributed by atoms with E-state index in [-0.39, 0.29) is 24.6 Å². The summed E-state index contributed by atoms with van der Waals surface area (Å²) in [6, 6.07) is 13.1. The van der Waals surface area contributed by atoms with Crippen LogP contribution in [0.3, 0.4) is 0 Å². The Labute approximate surface area is 214 Å². The van der Waals surface area contributed by atoms with E-state index < -0.39 is 11.9 Å². The highest BCUT2D eigenvalue weighted by atomic mass is 35.5. The Hall–Kier alpha value is -3.75. The third-order valence-electron chi connectivity index (χ3n) is 5.43. The highest BCUT2D eigenvalue weighted by Gasteiger charge is 2.28. The van der Waals surface area contributed by atoms with Crippen LogP contribution in [-0.4, -0.2) is 45.4 Å². The molecule has 3 aromatic rings. The van der Waals surface area contributed by atoms with E-state index in [1.54, 1.807) is 43.4 Å². The van der Waals surface area contributed by atoms with Crippen LogP contribution in [0.2, 0.25) is 5.02 Å². The molecule has 0 aromatic heterocycles. The highest BCUT2D eigenvalue weighted by Crippen LogP contribution is 2.37. The lowest BCUT2D eigenvalue weighted by Gasteiger charge is -2.24. The van der Waals surface area contributed by atoms with Crippen molar-refractivity contribution >= 4 is 34.3 Å². The molecule has 3 N–H and O–H groups in total. The maximum atomic E-state index is 13.9. The first-order valence-electron chi connectivity index (χ1n) is 11.0. The van der Waals surface area contributed by atoms with E-state index >= 15 is 0 Å². The normalized spacial score (nSPS) is 11.4. The second kappa shape index (κ2) is 12.3. The van der Waals surface area contributed by atoms with Crippen molar-refractivity contribution in [2.24, 2.45) is 0 Å². The number of methoxy groups -OCH3 is 2. The van der Waals surface area contributed by atoms with Crippen molar-refractivity contribution in [3.63, 3.8) is 0 Å². The number of halogens is 2. The fraction of sp³-hybridized carbons (Fsp3) is 0.222. The predicted octanol–water partition coefficient (Wildman–Crippen LogP) is 5.34. The summed E-state index contributed by atoms with van der Waals surface area (Å²) in [5.74, 6) is 0.504. The van der Waals surface area contributed by atoms with Crippen molar-refractivity contribution < 1.29 is 28.5 Å². The topological polar surface area (TPSA) is 89.1 Å². The number of ketones is 1. The molecule has 0 fully saturated rings. The molecule has 0 heterocycles. The number of benzene rings is 3. The van der Waals surface area contributed by atoms with E-state index in [1.165, 1.54) is 32.4 Å². The summed E-state index contributed by atoms with van der Waals surface area (Å²) in [6.45, 7) is 3.95. The van der Waals surface area contributed by atoms with E-state index in [0.29, 0.717) is 44.8 Å². The smallest absolute Gasteiger partial charge is 0.189 e. The number of carbonyl (C=O) groups is 1. The molecule has 3 aromatic carbocycles. The number of aliphatic hydroxyl groups excluding tert-OH is 1. The van der Waals surface area contributed by atoms with Gasteiger partial charge in [0.25, 0.3) is 0 Å². The van der Waals surface area contributed by atoms with Gasteiger partial charge in [-0.1, -0.05) is 24.2 Å². The van der Waals surface area contributed by atoms with Crippen molar-refractivity contribution in [1.82, 2.24) is 0 Å². The molecular weight excluding hydrogens is 487 g/mol. The summed E-state index contributed by atoms with van der Waals surface area (Å²) in [4.78, 5) is 13.9. The zero-order valence-electron chi connectivity index (χ0n) is 20.2. The Kier molecular flexibility index (Phi) is 9.16. The molecule has 0 aliphatic rings. The van der Waals surface area contributed by atoms with Crippen LogP contribution in [0.4, 0.5) is 15.8 Å². The van der Waals surface area contributed by atoms with Crippen LogP contribution in [-0.2, 0) is 4.79 Å². The van der Waals surface area contributed by atoms with E-state index in [4.69, 9.17) is 30.9 Å². The second-order valence-corrected chi connectivity index (χ2v) is 8.15. The zero-order chi connectivity index (χ0) is 26.2. The fourth-order valence-electron chi connectivity index (χ4n) is 3.69. The molecule has 1 unspecified atom stereocenters. The Balaban J connectivity index is 2.09. The van der Waals surface area contributed by atoms with Crippen LogP contribution in [0.15, 0.2) is 61.2 Å². The van der Waals surface area contributed by atoms with E-state index in [2.05, 4.69) is 17.2 Å². The molecule has 1 atom stereocenters. The standard InChI is InChI=1S/C27H28ClFN2O5/c1-16(22-8-6-18(29)12-24(22)30-2)27(33)26(23-7-5-17(28)11-25(23)35-4)31-19-13-20(34-3)15-21(14-19)36-10-9-32/h5-8,11-15,26,30-32H,1,9-10H2,2-4H3. The SMILES string of the molecule is C=C(C(=O)C(Nc1cc(OC)cc(OCCO)c1)c1ccc(Cl)cc1OC)c1ccc(F)cc1NC. The first-order chi connectivity index (χ1) is 17.3. The maximum absolute atomic E-state index is 13.9. The van der Waals surface area contributed by atoms with Gasteiger partial charge in [0.1, 0.15) is 35.7 Å². The number of anilines is 2. The Morgan fingerprint density at radius 1 is 1.08 bits per heavy atom. The number of hydrogen-bond donors (Lipinski definition) is 3. The average molecular weight is 515 g/mol. The lowest BCUT2D eigenvalue weighted by molar-refractivity contribution is -0.114. The van der Waals surface area contributed by atoms with Gasteiger partial charge in [0.15, 0.2) is 5.78 Å². The molecule has 0 amide bonds. The van der Waals surface area contributed by atoms with Crippen LogP contribution in [0, 0.1) is 5.82 Å². The zero-order valence-corrected chi connectivity index (χ0v) is 21.0. The molecule has 0 bridgehead atoms. The molecule has 190 valence electrons. The van der Waals surface area contributed by atoms with Gasteiger partial charge in [0.05, 0.1) is 20.8 Å². The number of ether oxygens (including phenoxy) is 3. The van der Waals surface area contributed by atoms with Gasteiger partial charge >= 0.3 is 0 Å². The summed E-state index contributed by atoms with van der Waals surface area (Å²) in [7, 11) is 4.63. The van der Waals surface area contributed by atoms with Gasteiger partial charge < -0.3 is 30.0 Å². The number of nitrogens with one attached hydrogen (secondary N) is 2. The highest BCUT2D eigenvalue weighted by molar-refractivity contribution is 6.30. The lowest BCUT2D eigenvalue weighted by Crippen LogP contribution is -2.23. The molecule has 0 aliphatic heterocycles. The molecule has 9 heteroatoms.